The highest BCUT2D eigenvalue weighted by Crippen LogP contribution is 2.45. The third kappa shape index (κ3) is 7.21. The molecule has 0 radical (unpaired) electrons. The van der Waals surface area contributed by atoms with E-state index in [0.717, 1.165) is 5.56 Å². The number of amides is 4. The SMILES string of the molecule is C=C[C@@H]1C[C@@]1(NC(=O)C1C[C@@H](Oc2cc(-c3ccccc3)nc3cc(OC)ccc23)CN1C(=O)NC(C(=O)N1CCC(O)C1)C(C)(C)C)C(=O)O. The van der Waals surface area contributed by atoms with Gasteiger partial charge in [-0.3, -0.25) is 9.59 Å². The van der Waals surface area contributed by atoms with Crippen LogP contribution in [0.25, 0.3) is 22.2 Å². The van der Waals surface area contributed by atoms with Crippen molar-refractivity contribution in [3.05, 3.63) is 67.3 Å². The van der Waals surface area contributed by atoms with Gasteiger partial charge in [0.1, 0.15) is 35.2 Å². The normalized spacial score (nSPS) is 24.9. The molecule has 4 N–H and O–H groups in total. The first kappa shape index (κ1) is 35.6. The molecule has 270 valence electrons. The average molecular weight is 700 g/mol. The number of nitrogens with zero attached hydrogens (tertiary/aromatic N) is 3. The van der Waals surface area contributed by atoms with Crippen LogP contribution in [0.1, 0.15) is 40.0 Å². The third-order valence-electron chi connectivity index (χ3n) is 10.1. The van der Waals surface area contributed by atoms with Gasteiger partial charge in [-0.25, -0.2) is 14.6 Å². The number of carbonyl (C=O) groups is 4. The number of carbonyl (C=O) groups excluding carboxylic acids is 3. The Morgan fingerprint density at radius 3 is 2.45 bits per heavy atom. The Kier molecular flexibility index (Phi) is 9.69. The fourth-order valence-corrected chi connectivity index (χ4v) is 6.99. The van der Waals surface area contributed by atoms with Crippen molar-refractivity contribution in [2.45, 2.75) is 69.9 Å². The van der Waals surface area contributed by atoms with Gasteiger partial charge in [0.2, 0.25) is 11.8 Å². The van der Waals surface area contributed by atoms with Crippen LogP contribution in [0.4, 0.5) is 4.79 Å². The van der Waals surface area contributed by atoms with Crippen LogP contribution in [0.5, 0.6) is 11.5 Å². The van der Waals surface area contributed by atoms with E-state index in [9.17, 15) is 29.4 Å². The molecule has 13 heteroatoms. The number of hydrogen-bond donors (Lipinski definition) is 4. The van der Waals surface area contributed by atoms with E-state index in [1.807, 2.05) is 63.2 Å². The van der Waals surface area contributed by atoms with E-state index in [-0.39, 0.29) is 31.8 Å². The molecule has 0 bridgehead atoms. The van der Waals surface area contributed by atoms with Gasteiger partial charge in [-0.05, 0) is 30.4 Å². The lowest BCUT2D eigenvalue weighted by Gasteiger charge is -2.35. The van der Waals surface area contributed by atoms with Gasteiger partial charge in [0.25, 0.3) is 0 Å². The van der Waals surface area contributed by atoms with Gasteiger partial charge in [0, 0.05) is 48.5 Å². The molecule has 1 aliphatic carbocycles. The topological polar surface area (TPSA) is 171 Å². The minimum absolute atomic E-state index is 0.0248. The number of likely N-dealkylation sites (tertiary alicyclic amines) is 2. The number of aliphatic carboxylic acids is 1. The zero-order valence-corrected chi connectivity index (χ0v) is 29.3. The van der Waals surface area contributed by atoms with Gasteiger partial charge >= 0.3 is 12.0 Å². The first-order valence-corrected chi connectivity index (χ1v) is 17.2. The molecule has 3 heterocycles. The number of urea groups is 1. The number of nitrogens with one attached hydrogen (secondary N) is 2. The van der Waals surface area contributed by atoms with E-state index in [0.29, 0.717) is 41.1 Å². The number of pyridine rings is 1. The number of aliphatic hydroxyl groups is 1. The summed E-state index contributed by atoms with van der Waals surface area (Å²) in [5.41, 5.74) is -0.0823. The average Bonchev–Trinajstić information content (AvgIpc) is 3.39. The van der Waals surface area contributed by atoms with Crippen molar-refractivity contribution in [2.75, 3.05) is 26.7 Å². The van der Waals surface area contributed by atoms with E-state index >= 15 is 0 Å². The van der Waals surface area contributed by atoms with Gasteiger partial charge < -0.3 is 40.1 Å². The number of ether oxygens (including phenoxy) is 2. The molecule has 3 unspecified atom stereocenters. The lowest BCUT2D eigenvalue weighted by molar-refractivity contribution is -0.144. The van der Waals surface area contributed by atoms with E-state index in [1.54, 1.807) is 19.2 Å². The summed E-state index contributed by atoms with van der Waals surface area (Å²) in [7, 11) is 1.57. The predicted molar refractivity (Wildman–Crippen MR) is 189 cm³/mol. The van der Waals surface area contributed by atoms with Crippen molar-refractivity contribution >= 4 is 34.7 Å². The maximum Gasteiger partial charge on any atom is 0.330 e. The molecular weight excluding hydrogens is 654 g/mol. The van der Waals surface area contributed by atoms with Crippen molar-refractivity contribution in [3.8, 4) is 22.8 Å². The maximum absolute atomic E-state index is 14.2. The van der Waals surface area contributed by atoms with E-state index in [2.05, 4.69) is 17.2 Å². The fourth-order valence-electron chi connectivity index (χ4n) is 6.99. The van der Waals surface area contributed by atoms with Crippen LogP contribution in [-0.4, -0.2) is 105 Å². The minimum atomic E-state index is -1.51. The molecule has 1 saturated carbocycles. The number of carboxylic acids is 1. The molecule has 3 fully saturated rings. The second kappa shape index (κ2) is 13.9. The van der Waals surface area contributed by atoms with Crippen molar-refractivity contribution in [1.29, 1.82) is 0 Å². The van der Waals surface area contributed by atoms with Crippen LogP contribution in [0.15, 0.2) is 67.3 Å². The highest BCUT2D eigenvalue weighted by atomic mass is 16.5. The van der Waals surface area contributed by atoms with Crippen molar-refractivity contribution in [1.82, 2.24) is 25.4 Å². The zero-order chi connectivity index (χ0) is 36.7. The fraction of sp³-hybridized carbons (Fsp3) is 0.447. The third-order valence-corrected chi connectivity index (χ3v) is 10.1. The highest BCUT2D eigenvalue weighted by molar-refractivity contribution is 5.96. The van der Waals surface area contributed by atoms with Crippen LogP contribution in [0, 0.1) is 11.3 Å². The van der Waals surface area contributed by atoms with E-state index < -0.39 is 59.1 Å². The quantitative estimate of drug-likeness (QED) is 0.231. The Balaban J connectivity index is 1.32. The molecule has 6 atom stereocenters. The van der Waals surface area contributed by atoms with Crippen LogP contribution in [0.3, 0.4) is 0 Å². The summed E-state index contributed by atoms with van der Waals surface area (Å²) in [5, 5.41) is 26.4. The molecular formula is C38H45N5O8. The molecule has 13 nitrogen and oxygen atoms in total. The van der Waals surface area contributed by atoms with Crippen molar-refractivity contribution in [3.63, 3.8) is 0 Å². The van der Waals surface area contributed by atoms with Crippen LogP contribution in [0.2, 0.25) is 0 Å². The molecule has 51 heavy (non-hydrogen) atoms. The molecule has 2 aliphatic heterocycles. The largest absolute Gasteiger partial charge is 0.497 e. The number of methoxy groups -OCH3 is 1. The summed E-state index contributed by atoms with van der Waals surface area (Å²) in [6.45, 7) is 9.71. The van der Waals surface area contributed by atoms with Gasteiger partial charge in [-0.2, -0.15) is 0 Å². The standard InChI is InChI=1S/C38H45N5O8/c1-6-23-19-38(23,35(47)48)41-33(45)30-17-26(21-43(30)36(49)40-32(37(2,3)4)34(46)42-15-14-24(44)20-42)51-31-18-28(22-10-8-7-9-11-22)39-29-16-25(50-5)12-13-27(29)31/h6-13,16,18,23-24,26,30,32,44H,1,14-15,17,19-21H2,2-5H3,(H,40,49)(H,41,45)(H,47,48)/t23-,24?,26-,30?,32?,38+/m1/s1. The summed E-state index contributed by atoms with van der Waals surface area (Å²) in [5.74, 6) is -1.50. The molecule has 4 amide bonds. The number of hydrogen-bond acceptors (Lipinski definition) is 8. The second-order valence-corrected chi connectivity index (χ2v) is 14.7. The molecule has 1 aromatic heterocycles. The van der Waals surface area contributed by atoms with Crippen molar-refractivity contribution in [2.24, 2.45) is 11.3 Å². The van der Waals surface area contributed by atoms with Crippen LogP contribution < -0.4 is 20.1 Å². The molecule has 3 aliphatic rings. The Morgan fingerprint density at radius 2 is 1.84 bits per heavy atom. The van der Waals surface area contributed by atoms with E-state index in [1.165, 1.54) is 15.9 Å². The van der Waals surface area contributed by atoms with Crippen LogP contribution >= 0.6 is 0 Å². The second-order valence-electron chi connectivity index (χ2n) is 14.7. The first-order chi connectivity index (χ1) is 24.2. The number of rotatable bonds is 10. The molecule has 2 saturated heterocycles. The summed E-state index contributed by atoms with van der Waals surface area (Å²) in [6, 6.07) is 14.1. The maximum atomic E-state index is 14.2. The lowest BCUT2D eigenvalue weighted by Crippen LogP contribution is -2.59. The highest BCUT2D eigenvalue weighted by Gasteiger charge is 2.61. The Bertz CT molecular complexity index is 1840. The molecule has 2 aromatic carbocycles. The number of aliphatic hydroxyl groups excluding tert-OH is 1. The lowest BCUT2D eigenvalue weighted by atomic mass is 9.86. The van der Waals surface area contributed by atoms with Gasteiger partial charge in [0.05, 0.1) is 31.0 Å². The minimum Gasteiger partial charge on any atom is -0.497 e. The van der Waals surface area contributed by atoms with Gasteiger partial charge in [-0.1, -0.05) is 57.2 Å². The van der Waals surface area contributed by atoms with Crippen molar-refractivity contribution < 1.29 is 38.9 Å². The number of fused-ring (bicyclic) bond motifs is 1. The molecule has 3 aromatic rings. The number of carboxylic acid groups (broad SMARTS) is 1. The Morgan fingerprint density at radius 1 is 1.10 bits per heavy atom. The predicted octanol–water partition coefficient (Wildman–Crippen LogP) is 3.60. The Labute approximate surface area is 296 Å². The van der Waals surface area contributed by atoms with Crippen LogP contribution in [-0.2, 0) is 14.4 Å². The number of aromatic nitrogens is 1. The molecule has 0 spiro atoms. The van der Waals surface area contributed by atoms with E-state index in [4.69, 9.17) is 14.5 Å². The smallest absolute Gasteiger partial charge is 0.330 e. The molecule has 6 rings (SSSR count). The Hall–Kier alpha value is -5.17. The zero-order valence-electron chi connectivity index (χ0n) is 29.3. The van der Waals surface area contributed by atoms with Gasteiger partial charge in [0.15, 0.2) is 0 Å². The summed E-state index contributed by atoms with van der Waals surface area (Å²) < 4.78 is 12.1. The summed E-state index contributed by atoms with van der Waals surface area (Å²) in [6.07, 6.45) is 0.876. The summed E-state index contributed by atoms with van der Waals surface area (Å²) in [4.78, 5) is 61.7. The summed E-state index contributed by atoms with van der Waals surface area (Å²) >= 11 is 0. The number of β-amino-alcohol motifs (C(OH)–C–C–N with tert-alkyl or cyclic N) is 1. The number of benzene rings is 2. The first-order valence-electron chi connectivity index (χ1n) is 17.2. The van der Waals surface area contributed by atoms with Gasteiger partial charge in [-0.15, -0.1) is 6.58 Å². The monoisotopic (exact) mass is 699 g/mol.